The number of anilines is 1. The van der Waals surface area contributed by atoms with Crippen LogP contribution >= 0.6 is 15.9 Å². The second-order valence-electron chi connectivity index (χ2n) is 5.29. The Labute approximate surface area is 119 Å². The first-order chi connectivity index (χ1) is 8.60. The van der Waals surface area contributed by atoms with Gasteiger partial charge in [-0.3, -0.25) is 0 Å². The maximum atomic E-state index is 3.71. The van der Waals surface area contributed by atoms with Crippen molar-refractivity contribution in [3.8, 4) is 0 Å². The molecule has 1 saturated heterocycles. The number of benzene rings is 1. The molecule has 1 aromatic carbocycles. The Balaban J connectivity index is 2.23. The van der Waals surface area contributed by atoms with Gasteiger partial charge in [0.15, 0.2) is 0 Å². The Kier molecular flexibility index (Phi) is 4.33. The smallest absolute Gasteiger partial charge is 0.0511 e. The lowest BCUT2D eigenvalue weighted by Crippen LogP contribution is -2.60. The molecule has 0 spiro atoms. The molecule has 1 aliphatic heterocycles. The maximum Gasteiger partial charge on any atom is 0.0511 e. The van der Waals surface area contributed by atoms with Crippen LogP contribution in [0.4, 0.5) is 5.69 Å². The van der Waals surface area contributed by atoms with Gasteiger partial charge < -0.3 is 10.2 Å². The largest absolute Gasteiger partial charge is 0.367 e. The molecule has 1 aromatic rings. The van der Waals surface area contributed by atoms with Crippen molar-refractivity contribution in [2.75, 3.05) is 24.5 Å². The van der Waals surface area contributed by atoms with Gasteiger partial charge in [0.25, 0.3) is 0 Å². The summed E-state index contributed by atoms with van der Waals surface area (Å²) in [5.74, 6) is 0. The average molecular weight is 311 g/mol. The lowest BCUT2D eigenvalue weighted by molar-refractivity contribution is 0.277. The van der Waals surface area contributed by atoms with Crippen molar-refractivity contribution < 1.29 is 0 Å². The van der Waals surface area contributed by atoms with Crippen molar-refractivity contribution >= 4 is 21.6 Å². The molecule has 0 saturated carbocycles. The summed E-state index contributed by atoms with van der Waals surface area (Å²) in [5.41, 5.74) is 2.91. The molecule has 1 aliphatic rings. The fourth-order valence-electron chi connectivity index (χ4n) is 2.75. The summed E-state index contributed by atoms with van der Waals surface area (Å²) in [7, 11) is 0. The van der Waals surface area contributed by atoms with Crippen LogP contribution in [0, 0.1) is 6.92 Å². The molecule has 1 heterocycles. The minimum Gasteiger partial charge on any atom is -0.367 e. The quantitative estimate of drug-likeness (QED) is 0.915. The van der Waals surface area contributed by atoms with E-state index < -0.39 is 0 Å². The fourth-order valence-corrected chi connectivity index (χ4v) is 3.50. The van der Waals surface area contributed by atoms with Gasteiger partial charge in [-0.25, -0.2) is 0 Å². The van der Waals surface area contributed by atoms with E-state index in [9.17, 15) is 0 Å². The van der Waals surface area contributed by atoms with Gasteiger partial charge in [-0.2, -0.15) is 0 Å². The first-order valence-corrected chi connectivity index (χ1v) is 7.65. The number of nitrogens with zero attached hydrogens (tertiary/aromatic N) is 1. The van der Waals surface area contributed by atoms with Crippen LogP contribution in [0.5, 0.6) is 0 Å². The highest BCUT2D eigenvalue weighted by Crippen LogP contribution is 2.31. The zero-order chi connectivity index (χ0) is 13.2. The molecule has 100 valence electrons. The third-order valence-corrected chi connectivity index (χ3v) is 4.81. The van der Waals surface area contributed by atoms with E-state index in [4.69, 9.17) is 0 Å². The van der Waals surface area contributed by atoms with E-state index in [1.165, 1.54) is 28.6 Å². The molecular weight excluding hydrogens is 288 g/mol. The molecule has 0 atom stereocenters. The van der Waals surface area contributed by atoms with Crippen molar-refractivity contribution in [3.63, 3.8) is 0 Å². The summed E-state index contributed by atoms with van der Waals surface area (Å²) in [6.45, 7) is 9.95. The van der Waals surface area contributed by atoms with Gasteiger partial charge >= 0.3 is 0 Å². The number of rotatable bonds is 3. The minimum atomic E-state index is 0.280. The third kappa shape index (κ3) is 2.72. The Bertz CT molecular complexity index is 413. The zero-order valence-electron chi connectivity index (χ0n) is 11.6. The topological polar surface area (TPSA) is 15.3 Å². The summed E-state index contributed by atoms with van der Waals surface area (Å²) >= 11 is 3.70. The minimum absolute atomic E-state index is 0.280. The molecule has 2 nitrogen and oxygen atoms in total. The van der Waals surface area contributed by atoms with Gasteiger partial charge in [0.05, 0.1) is 5.69 Å². The van der Waals surface area contributed by atoms with Crippen LogP contribution in [-0.4, -0.2) is 25.2 Å². The molecule has 0 unspecified atom stereocenters. The molecule has 3 heteroatoms. The average Bonchev–Trinajstić information content (AvgIpc) is 2.38. The predicted molar refractivity (Wildman–Crippen MR) is 82.4 cm³/mol. The summed E-state index contributed by atoms with van der Waals surface area (Å²) in [6, 6.07) is 6.64. The highest BCUT2D eigenvalue weighted by molar-refractivity contribution is 9.10. The molecular formula is C15H23BrN2. The summed E-state index contributed by atoms with van der Waals surface area (Å²) in [5, 5.41) is 3.71. The Hall–Kier alpha value is -0.540. The normalized spacial score (nSPS) is 19.0. The van der Waals surface area contributed by atoms with Crippen LogP contribution in [0.3, 0.4) is 0 Å². The Morgan fingerprint density at radius 3 is 2.67 bits per heavy atom. The number of hydrogen-bond acceptors (Lipinski definition) is 2. The lowest BCUT2D eigenvalue weighted by atomic mass is 9.90. The van der Waals surface area contributed by atoms with Crippen molar-refractivity contribution in [1.29, 1.82) is 0 Å². The summed E-state index contributed by atoms with van der Waals surface area (Å²) in [4.78, 5) is 2.51. The molecule has 0 aliphatic carbocycles. The second kappa shape index (κ2) is 5.62. The molecule has 1 N–H and O–H groups in total. The molecule has 0 radical (unpaired) electrons. The Morgan fingerprint density at radius 1 is 1.33 bits per heavy atom. The highest BCUT2D eigenvalue weighted by atomic mass is 79.9. The van der Waals surface area contributed by atoms with E-state index >= 15 is 0 Å². The molecule has 0 amide bonds. The lowest BCUT2D eigenvalue weighted by Gasteiger charge is -2.44. The van der Waals surface area contributed by atoms with Crippen molar-refractivity contribution in [2.45, 2.75) is 39.2 Å². The molecule has 0 aromatic heterocycles. The van der Waals surface area contributed by atoms with E-state index in [2.05, 4.69) is 65.1 Å². The van der Waals surface area contributed by atoms with Crippen LogP contribution in [0.2, 0.25) is 0 Å². The predicted octanol–water partition coefficient (Wildman–Crippen LogP) is 3.73. The summed E-state index contributed by atoms with van der Waals surface area (Å²) in [6.07, 6.45) is 2.37. The van der Waals surface area contributed by atoms with E-state index in [-0.39, 0.29) is 5.54 Å². The Morgan fingerprint density at radius 2 is 2.06 bits per heavy atom. The van der Waals surface area contributed by atoms with Crippen LogP contribution in [0.1, 0.15) is 32.3 Å². The van der Waals surface area contributed by atoms with Crippen LogP contribution in [0.15, 0.2) is 22.7 Å². The molecule has 1 fully saturated rings. The number of aryl methyl sites for hydroxylation is 1. The first-order valence-electron chi connectivity index (χ1n) is 6.86. The van der Waals surface area contributed by atoms with E-state index in [1.54, 1.807) is 0 Å². The molecule has 18 heavy (non-hydrogen) atoms. The SMILES string of the molecule is CCC1(CC)CN(c2ccc(C)cc2Br)CCN1. The van der Waals surface area contributed by atoms with E-state index in [0.29, 0.717) is 0 Å². The van der Waals surface area contributed by atoms with Gasteiger partial charge in [0, 0.05) is 29.6 Å². The van der Waals surface area contributed by atoms with Gasteiger partial charge in [-0.15, -0.1) is 0 Å². The van der Waals surface area contributed by atoms with Crippen molar-refractivity contribution in [2.24, 2.45) is 0 Å². The van der Waals surface area contributed by atoms with Crippen LogP contribution in [-0.2, 0) is 0 Å². The highest BCUT2D eigenvalue weighted by Gasteiger charge is 2.32. The van der Waals surface area contributed by atoms with E-state index in [1.807, 2.05) is 0 Å². The van der Waals surface area contributed by atoms with Crippen LogP contribution in [0.25, 0.3) is 0 Å². The number of halogens is 1. The zero-order valence-corrected chi connectivity index (χ0v) is 13.2. The number of hydrogen-bond donors (Lipinski definition) is 1. The number of nitrogens with one attached hydrogen (secondary N) is 1. The molecule has 2 rings (SSSR count). The maximum absolute atomic E-state index is 3.71. The number of piperazine rings is 1. The van der Waals surface area contributed by atoms with Crippen molar-refractivity contribution in [3.05, 3.63) is 28.2 Å². The van der Waals surface area contributed by atoms with E-state index in [0.717, 1.165) is 19.6 Å². The summed E-state index contributed by atoms with van der Waals surface area (Å²) < 4.78 is 1.21. The molecule has 0 bridgehead atoms. The van der Waals surface area contributed by atoms with Crippen LogP contribution < -0.4 is 10.2 Å². The standard InChI is InChI=1S/C15H23BrN2/c1-4-15(5-2)11-18(9-8-17-15)14-7-6-12(3)10-13(14)16/h6-7,10,17H,4-5,8-9,11H2,1-3H3. The van der Waals surface area contributed by atoms with Crippen molar-refractivity contribution in [1.82, 2.24) is 5.32 Å². The van der Waals surface area contributed by atoms with Gasteiger partial charge in [-0.1, -0.05) is 19.9 Å². The van der Waals surface area contributed by atoms with Gasteiger partial charge in [0.2, 0.25) is 0 Å². The second-order valence-corrected chi connectivity index (χ2v) is 6.14. The van der Waals surface area contributed by atoms with Gasteiger partial charge in [-0.05, 0) is 53.4 Å². The first kappa shape index (κ1) is 13.9. The monoisotopic (exact) mass is 310 g/mol. The fraction of sp³-hybridized carbons (Fsp3) is 0.600. The third-order valence-electron chi connectivity index (χ3n) is 4.17. The van der Waals surface area contributed by atoms with Gasteiger partial charge in [0.1, 0.15) is 0 Å².